The second-order valence-corrected chi connectivity index (χ2v) is 10.3. The summed E-state index contributed by atoms with van der Waals surface area (Å²) in [4.78, 5) is 22.1. The third kappa shape index (κ3) is 5.59. The zero-order chi connectivity index (χ0) is 23.8. The summed E-state index contributed by atoms with van der Waals surface area (Å²) in [6, 6.07) is 10.1. The summed E-state index contributed by atoms with van der Waals surface area (Å²) in [5, 5.41) is 0. The highest BCUT2D eigenvalue weighted by Crippen LogP contribution is 2.31. The van der Waals surface area contributed by atoms with E-state index in [0.29, 0.717) is 29.8 Å². The van der Waals surface area contributed by atoms with E-state index in [0.717, 1.165) is 29.7 Å². The lowest BCUT2D eigenvalue weighted by Crippen LogP contribution is -2.41. The lowest BCUT2D eigenvalue weighted by atomic mass is 9.96. The molecule has 2 N–H and O–H groups in total. The highest BCUT2D eigenvalue weighted by Gasteiger charge is 2.28. The van der Waals surface area contributed by atoms with Crippen LogP contribution in [0.5, 0.6) is 0 Å². The second-order valence-electron chi connectivity index (χ2n) is 9.38. The molecule has 2 aromatic carbocycles. The molecule has 3 aromatic rings. The maximum absolute atomic E-state index is 14.6. The fourth-order valence-corrected chi connectivity index (χ4v) is 4.54. The minimum absolute atomic E-state index is 0.104. The van der Waals surface area contributed by atoms with Crippen molar-refractivity contribution in [3.8, 4) is 11.1 Å². The first-order valence-electron chi connectivity index (χ1n) is 10.9. The standard InChI is InChI=1S/C24H28FN3O4S/c1-24(2,3)32-23(29)28-10-8-16(9-11-28)22-26-20-7-5-17(13-21(20)27-22)18-6-4-15(12-19(18)25)14-33(30)31/h4-7,12-13,16H,8-11,14H2,1-3H3,(H,26,27)(H,30,31). The Morgan fingerprint density at radius 2 is 1.97 bits per heavy atom. The van der Waals surface area contributed by atoms with Crippen molar-refractivity contribution in [3.63, 3.8) is 0 Å². The Balaban J connectivity index is 1.48. The van der Waals surface area contributed by atoms with Crippen molar-refractivity contribution in [2.75, 3.05) is 13.1 Å². The van der Waals surface area contributed by atoms with Crippen molar-refractivity contribution in [2.24, 2.45) is 0 Å². The lowest BCUT2D eigenvalue weighted by Gasteiger charge is -2.32. The summed E-state index contributed by atoms with van der Waals surface area (Å²) in [5.74, 6) is 0.529. The molecule has 4 rings (SSSR count). The maximum atomic E-state index is 14.6. The molecule has 1 amide bonds. The summed E-state index contributed by atoms with van der Waals surface area (Å²) in [5.41, 5.74) is 2.70. The maximum Gasteiger partial charge on any atom is 0.410 e. The first kappa shape index (κ1) is 23.4. The van der Waals surface area contributed by atoms with Gasteiger partial charge in [-0.3, -0.25) is 0 Å². The predicted octanol–water partition coefficient (Wildman–Crippen LogP) is 5.21. The number of nitrogens with zero attached hydrogens (tertiary/aromatic N) is 2. The van der Waals surface area contributed by atoms with Crippen LogP contribution in [0.15, 0.2) is 36.4 Å². The van der Waals surface area contributed by atoms with E-state index in [4.69, 9.17) is 14.3 Å². The highest BCUT2D eigenvalue weighted by molar-refractivity contribution is 7.78. The van der Waals surface area contributed by atoms with Crippen LogP contribution in [0.4, 0.5) is 9.18 Å². The van der Waals surface area contributed by atoms with E-state index in [1.807, 2.05) is 39.0 Å². The number of carbonyl (C=O) groups is 1. The number of nitrogens with one attached hydrogen (secondary N) is 1. The van der Waals surface area contributed by atoms with Gasteiger partial charge in [0.25, 0.3) is 0 Å². The van der Waals surface area contributed by atoms with E-state index in [-0.39, 0.29) is 17.8 Å². The van der Waals surface area contributed by atoms with E-state index in [9.17, 15) is 13.4 Å². The Labute approximate surface area is 194 Å². The van der Waals surface area contributed by atoms with Crippen LogP contribution in [0.25, 0.3) is 22.2 Å². The summed E-state index contributed by atoms with van der Waals surface area (Å²) >= 11 is -2.01. The zero-order valence-electron chi connectivity index (χ0n) is 18.9. The number of aromatic amines is 1. The van der Waals surface area contributed by atoms with Gasteiger partial charge in [-0.2, -0.15) is 0 Å². The molecular formula is C24H28FN3O4S. The van der Waals surface area contributed by atoms with E-state index >= 15 is 0 Å². The number of fused-ring (bicyclic) bond motifs is 1. The molecule has 1 atom stereocenters. The summed E-state index contributed by atoms with van der Waals surface area (Å²) in [6.07, 6.45) is 1.29. The van der Waals surface area contributed by atoms with E-state index in [1.165, 1.54) is 6.07 Å². The number of H-pyrrole nitrogens is 1. The van der Waals surface area contributed by atoms with Crippen LogP contribution in [-0.4, -0.2) is 48.4 Å². The van der Waals surface area contributed by atoms with Crippen molar-refractivity contribution >= 4 is 28.2 Å². The quantitative estimate of drug-likeness (QED) is 0.508. The topological polar surface area (TPSA) is 95.5 Å². The van der Waals surface area contributed by atoms with Gasteiger partial charge in [0.05, 0.1) is 16.8 Å². The molecule has 1 saturated heterocycles. The van der Waals surface area contributed by atoms with Gasteiger partial charge in [-0.25, -0.2) is 18.4 Å². The molecule has 1 aliphatic rings. The number of imidazole rings is 1. The third-order valence-electron chi connectivity index (χ3n) is 5.67. The minimum atomic E-state index is -2.01. The van der Waals surface area contributed by atoms with Gasteiger partial charge in [-0.05, 0) is 62.9 Å². The molecule has 2 heterocycles. The Bertz CT molecular complexity index is 1200. The van der Waals surface area contributed by atoms with Gasteiger partial charge in [0.2, 0.25) is 0 Å². The van der Waals surface area contributed by atoms with Crippen LogP contribution in [0.2, 0.25) is 0 Å². The lowest BCUT2D eigenvalue weighted by molar-refractivity contribution is 0.0203. The number of ether oxygens (including phenoxy) is 1. The molecule has 0 aliphatic carbocycles. The van der Waals surface area contributed by atoms with Crippen molar-refractivity contribution in [3.05, 3.63) is 53.6 Å². The smallest absolute Gasteiger partial charge is 0.410 e. The number of carbonyl (C=O) groups excluding carboxylic acids is 1. The molecule has 0 radical (unpaired) electrons. The molecule has 0 spiro atoms. The van der Waals surface area contributed by atoms with E-state index in [2.05, 4.69) is 4.98 Å². The monoisotopic (exact) mass is 473 g/mol. The summed E-state index contributed by atoms with van der Waals surface area (Å²) in [7, 11) is 0. The van der Waals surface area contributed by atoms with Crippen molar-refractivity contribution in [2.45, 2.75) is 50.9 Å². The number of rotatable bonds is 4. The highest BCUT2D eigenvalue weighted by atomic mass is 32.2. The van der Waals surface area contributed by atoms with Crippen molar-refractivity contribution in [1.29, 1.82) is 0 Å². The Kier molecular flexibility index (Phi) is 6.54. The normalized spacial score (nSPS) is 16.2. The molecule has 1 fully saturated rings. The first-order chi connectivity index (χ1) is 15.6. The first-order valence-corrected chi connectivity index (χ1v) is 12.2. The predicted molar refractivity (Wildman–Crippen MR) is 126 cm³/mol. The number of hydrogen-bond donors (Lipinski definition) is 2. The molecule has 1 aromatic heterocycles. The van der Waals surface area contributed by atoms with Crippen LogP contribution in [0.3, 0.4) is 0 Å². The van der Waals surface area contributed by atoms with Crippen LogP contribution < -0.4 is 0 Å². The fourth-order valence-electron chi connectivity index (χ4n) is 4.08. The van der Waals surface area contributed by atoms with Crippen LogP contribution in [-0.2, 0) is 21.6 Å². The molecule has 1 aliphatic heterocycles. The number of hydrogen-bond acceptors (Lipinski definition) is 4. The molecule has 9 heteroatoms. The summed E-state index contributed by atoms with van der Waals surface area (Å²) in [6.45, 7) is 6.80. The van der Waals surface area contributed by atoms with Gasteiger partial charge in [0, 0.05) is 24.6 Å². The van der Waals surface area contributed by atoms with Crippen molar-refractivity contribution < 1.29 is 22.7 Å². The van der Waals surface area contributed by atoms with Gasteiger partial charge >= 0.3 is 6.09 Å². The number of halogens is 1. The molecular weight excluding hydrogens is 445 g/mol. The number of piperidine rings is 1. The zero-order valence-corrected chi connectivity index (χ0v) is 19.7. The Hall–Kier alpha value is -2.78. The molecule has 33 heavy (non-hydrogen) atoms. The number of likely N-dealkylation sites (tertiary alicyclic amines) is 1. The largest absolute Gasteiger partial charge is 0.444 e. The van der Waals surface area contributed by atoms with Crippen LogP contribution in [0.1, 0.15) is 50.9 Å². The number of amides is 1. The number of aromatic nitrogens is 2. The Morgan fingerprint density at radius 1 is 1.24 bits per heavy atom. The molecule has 0 bridgehead atoms. The molecule has 7 nitrogen and oxygen atoms in total. The molecule has 0 saturated carbocycles. The average molecular weight is 474 g/mol. The van der Waals surface area contributed by atoms with Gasteiger partial charge in [0.1, 0.15) is 17.2 Å². The van der Waals surface area contributed by atoms with Gasteiger partial charge in [-0.1, -0.05) is 18.2 Å². The van der Waals surface area contributed by atoms with E-state index < -0.39 is 22.5 Å². The molecule has 1 unspecified atom stereocenters. The van der Waals surface area contributed by atoms with Crippen molar-refractivity contribution in [1.82, 2.24) is 14.9 Å². The van der Waals surface area contributed by atoms with Gasteiger partial charge < -0.3 is 19.2 Å². The van der Waals surface area contributed by atoms with Crippen LogP contribution in [0, 0.1) is 5.82 Å². The minimum Gasteiger partial charge on any atom is -0.444 e. The van der Waals surface area contributed by atoms with Gasteiger partial charge in [-0.15, -0.1) is 0 Å². The third-order valence-corrected chi connectivity index (χ3v) is 6.25. The summed E-state index contributed by atoms with van der Waals surface area (Å²) < 4.78 is 40.1. The van der Waals surface area contributed by atoms with E-state index in [1.54, 1.807) is 17.0 Å². The molecule has 176 valence electrons. The fraction of sp³-hybridized carbons (Fsp3) is 0.417. The Morgan fingerprint density at radius 3 is 2.61 bits per heavy atom. The number of benzene rings is 2. The SMILES string of the molecule is CC(C)(C)OC(=O)N1CCC(c2nc3ccc(-c4ccc(CS(=O)O)cc4F)cc3[nH]2)CC1. The average Bonchev–Trinajstić information content (AvgIpc) is 3.15. The van der Waals surface area contributed by atoms with Crippen LogP contribution >= 0.6 is 0 Å². The van der Waals surface area contributed by atoms with Gasteiger partial charge in [0.15, 0.2) is 11.1 Å². The second kappa shape index (κ2) is 9.23.